The van der Waals surface area contributed by atoms with Crippen molar-refractivity contribution in [2.45, 2.75) is 32.1 Å². The number of nitrogens with one attached hydrogen (secondary N) is 1. The van der Waals surface area contributed by atoms with Gasteiger partial charge < -0.3 is 5.32 Å². The summed E-state index contributed by atoms with van der Waals surface area (Å²) in [5.74, 6) is 0.0828. The Bertz CT molecular complexity index is 750. The number of carbonyl (C=O) groups excluding carboxylic acids is 1. The summed E-state index contributed by atoms with van der Waals surface area (Å²) in [4.78, 5) is 28.6. The molecular weight excluding hydrogens is 302 g/mol. The Morgan fingerprint density at radius 2 is 2.23 bits per heavy atom. The minimum atomic E-state index is -0.173. The van der Waals surface area contributed by atoms with E-state index in [0.717, 1.165) is 0 Å². The highest BCUT2D eigenvalue weighted by Crippen LogP contribution is 2.17. The molecule has 8 heteroatoms. The number of amides is 1. The van der Waals surface area contributed by atoms with Crippen molar-refractivity contribution >= 4 is 28.7 Å². The quantitative estimate of drug-likeness (QED) is 0.468. The molecule has 0 bridgehead atoms. The average molecular weight is 321 g/mol. The molecule has 0 aliphatic rings. The van der Waals surface area contributed by atoms with Crippen LogP contribution in [0.1, 0.15) is 13.8 Å². The van der Waals surface area contributed by atoms with Crippen LogP contribution in [0.3, 0.4) is 0 Å². The van der Waals surface area contributed by atoms with Crippen molar-refractivity contribution in [1.82, 2.24) is 24.6 Å². The first kappa shape index (κ1) is 16.3. The smallest absolute Gasteiger partial charge is 0.282 e. The van der Waals surface area contributed by atoms with Gasteiger partial charge in [-0.1, -0.05) is 17.8 Å². The normalized spacial score (nSPS) is 10.8. The Morgan fingerprint density at radius 3 is 2.86 bits per heavy atom. The molecule has 0 unspecified atom stereocenters. The van der Waals surface area contributed by atoms with Gasteiger partial charge >= 0.3 is 0 Å². The molecule has 0 fully saturated rings. The van der Waals surface area contributed by atoms with Gasteiger partial charge in [0.15, 0.2) is 10.7 Å². The van der Waals surface area contributed by atoms with Gasteiger partial charge in [-0.3, -0.25) is 18.8 Å². The molecule has 118 valence electrons. The summed E-state index contributed by atoms with van der Waals surface area (Å²) in [6, 6.07) is 0. The number of fused-ring (bicyclic) bond motifs is 1. The first-order valence-electron chi connectivity index (χ1n) is 7.09. The molecule has 7 nitrogen and oxygen atoms in total. The predicted molar refractivity (Wildman–Crippen MR) is 87.1 cm³/mol. The third-order valence-electron chi connectivity index (χ3n) is 3.05. The van der Waals surface area contributed by atoms with E-state index in [1.165, 1.54) is 11.8 Å². The van der Waals surface area contributed by atoms with Crippen LogP contribution in [0.4, 0.5) is 0 Å². The molecular formula is C14H19N5O2S. The first-order valence-corrected chi connectivity index (χ1v) is 8.07. The van der Waals surface area contributed by atoms with Crippen molar-refractivity contribution in [1.29, 1.82) is 0 Å². The van der Waals surface area contributed by atoms with Gasteiger partial charge in [-0.05, 0) is 13.8 Å². The van der Waals surface area contributed by atoms with E-state index in [1.54, 1.807) is 21.5 Å². The predicted octanol–water partition coefficient (Wildman–Crippen LogP) is 1.03. The average Bonchev–Trinajstić information content (AvgIpc) is 2.94. The standard InChI is InChI=1S/C14H19N5O2S/c1-4-7-15-11(20)9-22-14-16-10-8-18(5-2)17-12(10)13(21)19(14)6-3/h4,8H,1,5-7,9H2,2-3H3,(H,15,20). The number of hydrogen-bond donors (Lipinski definition) is 1. The van der Waals surface area contributed by atoms with Crippen molar-refractivity contribution in [3.8, 4) is 0 Å². The monoisotopic (exact) mass is 321 g/mol. The van der Waals surface area contributed by atoms with Crippen LogP contribution < -0.4 is 10.9 Å². The first-order chi connectivity index (χ1) is 10.6. The number of nitrogens with zero attached hydrogens (tertiary/aromatic N) is 4. The Labute approximate surface area is 132 Å². The molecule has 2 aromatic rings. The number of thioether (sulfide) groups is 1. The zero-order chi connectivity index (χ0) is 16.1. The summed E-state index contributed by atoms with van der Waals surface area (Å²) in [6.07, 6.45) is 3.37. The molecule has 0 saturated heterocycles. The Balaban J connectivity index is 2.30. The van der Waals surface area contributed by atoms with Crippen LogP contribution in [-0.2, 0) is 17.9 Å². The summed E-state index contributed by atoms with van der Waals surface area (Å²) >= 11 is 1.24. The van der Waals surface area contributed by atoms with E-state index >= 15 is 0 Å². The van der Waals surface area contributed by atoms with Crippen LogP contribution in [-0.4, -0.2) is 37.5 Å². The third kappa shape index (κ3) is 3.38. The molecule has 0 aliphatic carbocycles. The molecule has 1 N–H and O–H groups in total. The Kier molecular flexibility index (Phi) is 5.37. The second-order valence-corrected chi connectivity index (χ2v) is 5.49. The second kappa shape index (κ2) is 7.26. The van der Waals surface area contributed by atoms with Crippen molar-refractivity contribution in [3.63, 3.8) is 0 Å². The molecule has 0 saturated carbocycles. The van der Waals surface area contributed by atoms with E-state index in [0.29, 0.717) is 35.8 Å². The summed E-state index contributed by atoms with van der Waals surface area (Å²) in [5.41, 5.74) is 0.753. The van der Waals surface area contributed by atoms with Crippen LogP contribution in [0.2, 0.25) is 0 Å². The molecule has 0 aliphatic heterocycles. The lowest BCUT2D eigenvalue weighted by molar-refractivity contribution is -0.118. The van der Waals surface area contributed by atoms with E-state index in [9.17, 15) is 9.59 Å². The van der Waals surface area contributed by atoms with Gasteiger partial charge in [-0.15, -0.1) is 6.58 Å². The van der Waals surface area contributed by atoms with Gasteiger partial charge in [0.2, 0.25) is 5.91 Å². The molecule has 22 heavy (non-hydrogen) atoms. The van der Waals surface area contributed by atoms with Crippen LogP contribution in [0, 0.1) is 0 Å². The summed E-state index contributed by atoms with van der Waals surface area (Å²) in [5, 5.41) is 7.46. The van der Waals surface area contributed by atoms with Gasteiger partial charge in [-0.25, -0.2) is 4.98 Å². The molecule has 2 rings (SSSR count). The number of rotatable bonds is 7. The molecule has 1 amide bonds. The van der Waals surface area contributed by atoms with Crippen molar-refractivity contribution in [2.24, 2.45) is 0 Å². The molecule has 2 aromatic heterocycles. The maximum atomic E-state index is 12.4. The highest BCUT2D eigenvalue weighted by Gasteiger charge is 2.14. The van der Waals surface area contributed by atoms with Crippen LogP contribution in [0.5, 0.6) is 0 Å². The van der Waals surface area contributed by atoms with E-state index in [4.69, 9.17) is 0 Å². The third-order valence-corrected chi connectivity index (χ3v) is 4.03. The highest BCUT2D eigenvalue weighted by atomic mass is 32.2. The fourth-order valence-electron chi connectivity index (χ4n) is 1.94. The summed E-state index contributed by atoms with van der Waals surface area (Å²) < 4.78 is 3.23. The maximum Gasteiger partial charge on any atom is 0.282 e. The number of hydrogen-bond acceptors (Lipinski definition) is 5. The minimum absolute atomic E-state index is 0.119. The van der Waals surface area contributed by atoms with Crippen molar-refractivity contribution in [2.75, 3.05) is 12.3 Å². The summed E-state index contributed by atoms with van der Waals surface area (Å²) in [7, 11) is 0. The lowest BCUT2D eigenvalue weighted by atomic mass is 10.4. The highest BCUT2D eigenvalue weighted by molar-refractivity contribution is 7.99. The summed E-state index contributed by atoms with van der Waals surface area (Å²) in [6.45, 7) is 8.95. The SMILES string of the molecule is C=CCNC(=O)CSc1nc2cn(CC)nc2c(=O)n1CC. The van der Waals surface area contributed by atoms with E-state index in [1.807, 2.05) is 13.8 Å². The molecule has 0 spiro atoms. The van der Waals surface area contributed by atoms with E-state index < -0.39 is 0 Å². The van der Waals surface area contributed by atoms with Gasteiger partial charge in [0.1, 0.15) is 5.52 Å². The minimum Gasteiger partial charge on any atom is -0.352 e. The second-order valence-electron chi connectivity index (χ2n) is 4.54. The zero-order valence-electron chi connectivity index (χ0n) is 12.7. The maximum absolute atomic E-state index is 12.4. The number of aryl methyl sites for hydroxylation is 1. The lowest BCUT2D eigenvalue weighted by Crippen LogP contribution is -2.26. The molecule has 0 atom stereocenters. The number of aromatic nitrogens is 4. The number of carbonyl (C=O) groups is 1. The van der Waals surface area contributed by atoms with Crippen molar-refractivity contribution < 1.29 is 4.79 Å². The zero-order valence-corrected chi connectivity index (χ0v) is 13.5. The fourth-order valence-corrected chi connectivity index (χ4v) is 2.83. The van der Waals surface area contributed by atoms with Crippen molar-refractivity contribution in [3.05, 3.63) is 29.2 Å². The Morgan fingerprint density at radius 1 is 1.45 bits per heavy atom. The molecule has 2 heterocycles. The van der Waals surface area contributed by atoms with Crippen LogP contribution in [0.15, 0.2) is 28.8 Å². The fraction of sp³-hybridized carbons (Fsp3) is 0.429. The topological polar surface area (TPSA) is 81.8 Å². The largest absolute Gasteiger partial charge is 0.352 e. The van der Waals surface area contributed by atoms with Crippen LogP contribution in [0.25, 0.3) is 11.0 Å². The Hall–Kier alpha value is -2.09. The molecule has 0 aromatic carbocycles. The molecule has 0 radical (unpaired) electrons. The lowest BCUT2D eigenvalue weighted by Gasteiger charge is -2.09. The van der Waals surface area contributed by atoms with Crippen LogP contribution >= 0.6 is 11.8 Å². The van der Waals surface area contributed by atoms with E-state index in [2.05, 4.69) is 22.0 Å². The van der Waals surface area contributed by atoms with Gasteiger partial charge in [0.25, 0.3) is 5.56 Å². The van der Waals surface area contributed by atoms with Gasteiger partial charge in [0, 0.05) is 19.6 Å². The van der Waals surface area contributed by atoms with Gasteiger partial charge in [-0.2, -0.15) is 5.10 Å². The van der Waals surface area contributed by atoms with E-state index in [-0.39, 0.29) is 17.2 Å². The van der Waals surface area contributed by atoms with Gasteiger partial charge in [0.05, 0.1) is 11.9 Å².